The summed E-state index contributed by atoms with van der Waals surface area (Å²) < 4.78 is 27.2. The van der Waals surface area contributed by atoms with Crippen molar-refractivity contribution in [3.8, 4) is 0 Å². The molecule has 1 atom stereocenters. The van der Waals surface area contributed by atoms with Crippen LogP contribution in [0.5, 0.6) is 0 Å². The van der Waals surface area contributed by atoms with E-state index in [0.717, 1.165) is 22.3 Å². The fraction of sp³-hybridized carbons (Fsp3) is 0.316. The van der Waals surface area contributed by atoms with Crippen molar-refractivity contribution >= 4 is 5.91 Å². The number of rotatable bonds is 3. The molecule has 120 valence electrons. The molecule has 0 saturated carbocycles. The van der Waals surface area contributed by atoms with Crippen molar-refractivity contribution in [1.82, 2.24) is 0 Å². The number of aryl methyl sites for hydroxylation is 2. The van der Waals surface area contributed by atoms with Crippen molar-refractivity contribution in [3.05, 3.63) is 70.3 Å². The number of amides is 1. The number of hydrogen-bond donors (Lipinski definition) is 1. The first kappa shape index (κ1) is 15.7. The molecule has 2 aromatic rings. The predicted molar refractivity (Wildman–Crippen MR) is 85.0 cm³/mol. The molecule has 0 bridgehead atoms. The molecule has 0 fully saturated rings. The first-order chi connectivity index (χ1) is 11.0. The van der Waals surface area contributed by atoms with E-state index < -0.39 is 0 Å². The second-order valence-electron chi connectivity index (χ2n) is 6.28. The van der Waals surface area contributed by atoms with Gasteiger partial charge in [-0.25, -0.2) is 8.78 Å². The number of carbonyl (C=O) groups excluding carboxylic acids is 1. The third-order valence-corrected chi connectivity index (χ3v) is 4.70. The monoisotopic (exact) mass is 315 g/mol. The van der Waals surface area contributed by atoms with Crippen LogP contribution in [-0.2, 0) is 17.6 Å². The summed E-state index contributed by atoms with van der Waals surface area (Å²) in [6, 6.07) is 9.52. The van der Waals surface area contributed by atoms with E-state index >= 15 is 0 Å². The van der Waals surface area contributed by atoms with Crippen LogP contribution in [-0.4, -0.2) is 5.91 Å². The Morgan fingerprint density at radius 3 is 2.00 bits per heavy atom. The lowest BCUT2D eigenvalue weighted by Crippen LogP contribution is -2.23. The second-order valence-corrected chi connectivity index (χ2v) is 6.28. The molecule has 1 aliphatic carbocycles. The smallest absolute Gasteiger partial charge is 0.220 e. The summed E-state index contributed by atoms with van der Waals surface area (Å²) in [6.07, 6.45) is 1.85. The summed E-state index contributed by atoms with van der Waals surface area (Å²) in [7, 11) is 0. The highest BCUT2D eigenvalue weighted by molar-refractivity contribution is 5.76. The first-order valence-electron chi connectivity index (χ1n) is 7.81. The Balaban J connectivity index is 2.12. The van der Waals surface area contributed by atoms with Gasteiger partial charge in [0.2, 0.25) is 5.91 Å². The minimum atomic E-state index is -0.360. The lowest BCUT2D eigenvalue weighted by atomic mass is 9.82. The van der Waals surface area contributed by atoms with Gasteiger partial charge >= 0.3 is 0 Å². The minimum Gasteiger partial charge on any atom is -0.369 e. The van der Waals surface area contributed by atoms with Crippen LogP contribution in [0.2, 0.25) is 0 Å². The number of primary amides is 1. The van der Waals surface area contributed by atoms with E-state index in [4.69, 9.17) is 5.73 Å². The lowest BCUT2D eigenvalue weighted by Gasteiger charge is -2.22. The van der Waals surface area contributed by atoms with Crippen LogP contribution in [0.25, 0.3) is 0 Å². The highest BCUT2D eigenvalue weighted by Gasteiger charge is 2.27. The van der Waals surface area contributed by atoms with Crippen molar-refractivity contribution in [2.24, 2.45) is 11.7 Å². The van der Waals surface area contributed by atoms with Gasteiger partial charge in [-0.05, 0) is 65.8 Å². The van der Waals surface area contributed by atoms with Crippen LogP contribution in [0.3, 0.4) is 0 Å². The first-order valence-corrected chi connectivity index (χ1v) is 7.81. The molecule has 1 unspecified atom stereocenters. The fourth-order valence-electron chi connectivity index (χ4n) is 3.42. The average molecular weight is 315 g/mol. The minimum absolute atomic E-state index is 0.0776. The Labute approximate surface area is 134 Å². The van der Waals surface area contributed by atoms with Crippen LogP contribution < -0.4 is 5.73 Å². The van der Waals surface area contributed by atoms with Gasteiger partial charge in [0.25, 0.3) is 0 Å². The van der Waals surface area contributed by atoms with Gasteiger partial charge in [-0.2, -0.15) is 0 Å². The molecule has 4 heteroatoms. The summed E-state index contributed by atoms with van der Waals surface area (Å²) in [5.74, 6) is -1.30. The van der Waals surface area contributed by atoms with Crippen molar-refractivity contribution in [3.63, 3.8) is 0 Å². The highest BCUT2D eigenvalue weighted by atomic mass is 19.1. The second kappa shape index (κ2) is 6.11. The number of hydrogen-bond acceptors (Lipinski definition) is 1. The summed E-state index contributed by atoms with van der Waals surface area (Å²) in [6.45, 7) is 1.79. The Hall–Kier alpha value is -2.23. The molecule has 0 radical (unpaired) electrons. The lowest BCUT2D eigenvalue weighted by molar-refractivity contribution is -0.121. The van der Waals surface area contributed by atoms with Gasteiger partial charge in [-0.1, -0.05) is 19.1 Å². The maximum atomic E-state index is 13.6. The zero-order valence-corrected chi connectivity index (χ0v) is 13.0. The van der Waals surface area contributed by atoms with Crippen molar-refractivity contribution in [2.75, 3.05) is 0 Å². The van der Waals surface area contributed by atoms with E-state index in [1.165, 1.54) is 12.1 Å². The van der Waals surface area contributed by atoms with Gasteiger partial charge in [-0.15, -0.1) is 0 Å². The Morgan fingerprint density at radius 1 is 1.09 bits per heavy atom. The van der Waals surface area contributed by atoms with Gasteiger partial charge in [-0.3, -0.25) is 4.79 Å². The van der Waals surface area contributed by atoms with E-state index in [2.05, 4.69) is 0 Å². The number of carbonyl (C=O) groups is 1. The highest BCUT2D eigenvalue weighted by Crippen LogP contribution is 2.38. The topological polar surface area (TPSA) is 43.1 Å². The molecule has 0 aromatic heterocycles. The zero-order chi connectivity index (χ0) is 16.6. The van der Waals surface area contributed by atoms with Crippen LogP contribution in [0.4, 0.5) is 8.78 Å². The molecule has 0 heterocycles. The Morgan fingerprint density at radius 2 is 1.57 bits per heavy atom. The number of halogens is 2. The third kappa shape index (κ3) is 3.11. The normalized spacial score (nSPS) is 15.4. The molecular weight excluding hydrogens is 296 g/mol. The van der Waals surface area contributed by atoms with Crippen molar-refractivity contribution < 1.29 is 13.6 Å². The molecule has 2 nitrogen and oxygen atoms in total. The van der Waals surface area contributed by atoms with E-state index in [0.29, 0.717) is 19.3 Å². The molecule has 1 aliphatic rings. The maximum absolute atomic E-state index is 13.6. The molecule has 3 rings (SSSR count). The largest absolute Gasteiger partial charge is 0.369 e. The predicted octanol–water partition coefficient (Wildman–Crippen LogP) is 3.71. The van der Waals surface area contributed by atoms with Crippen molar-refractivity contribution in [1.29, 1.82) is 0 Å². The average Bonchev–Trinajstić information content (AvgIpc) is 2.64. The molecular formula is C19H19F2NO. The molecule has 0 saturated heterocycles. The summed E-state index contributed by atoms with van der Waals surface area (Å²) in [4.78, 5) is 11.5. The molecule has 1 amide bonds. The summed E-state index contributed by atoms with van der Waals surface area (Å²) in [5.41, 5.74) is 9.27. The fourth-order valence-corrected chi connectivity index (χ4v) is 3.42. The van der Waals surface area contributed by atoms with Gasteiger partial charge < -0.3 is 5.73 Å². The van der Waals surface area contributed by atoms with Gasteiger partial charge in [0, 0.05) is 11.8 Å². The van der Waals surface area contributed by atoms with Crippen LogP contribution in [0, 0.1) is 17.6 Å². The Kier molecular flexibility index (Phi) is 4.16. The standard InChI is InChI=1S/C19H19F2NO/c1-11(19(22)23)8-18-16-6-4-14(20)9-12(16)2-3-13-10-15(21)5-7-17(13)18/h4-7,9-11,18H,2-3,8H2,1H3,(H2,22,23). The third-order valence-electron chi connectivity index (χ3n) is 4.70. The van der Waals surface area contributed by atoms with Crippen LogP contribution in [0.15, 0.2) is 36.4 Å². The van der Waals surface area contributed by atoms with E-state index in [1.54, 1.807) is 31.2 Å². The molecule has 0 aliphatic heterocycles. The summed E-state index contributed by atoms with van der Waals surface area (Å²) >= 11 is 0. The number of benzene rings is 2. The molecule has 2 N–H and O–H groups in total. The number of fused-ring (bicyclic) bond motifs is 2. The van der Waals surface area contributed by atoms with E-state index in [9.17, 15) is 13.6 Å². The van der Waals surface area contributed by atoms with Gasteiger partial charge in [0.15, 0.2) is 0 Å². The number of nitrogens with two attached hydrogens (primary N) is 1. The quantitative estimate of drug-likeness (QED) is 0.922. The SMILES string of the molecule is CC(CC1c2ccc(F)cc2CCc2cc(F)ccc21)C(N)=O. The van der Waals surface area contributed by atoms with E-state index in [-0.39, 0.29) is 29.4 Å². The molecule has 2 aromatic carbocycles. The van der Waals surface area contributed by atoms with Crippen LogP contribution >= 0.6 is 0 Å². The van der Waals surface area contributed by atoms with Gasteiger partial charge in [0.1, 0.15) is 11.6 Å². The Bertz CT molecular complexity index is 704. The van der Waals surface area contributed by atoms with Gasteiger partial charge in [0.05, 0.1) is 0 Å². The maximum Gasteiger partial charge on any atom is 0.220 e. The van der Waals surface area contributed by atoms with Crippen LogP contribution in [0.1, 0.15) is 41.5 Å². The molecule has 23 heavy (non-hydrogen) atoms. The summed E-state index contributed by atoms with van der Waals surface area (Å²) in [5, 5.41) is 0. The van der Waals surface area contributed by atoms with Crippen molar-refractivity contribution in [2.45, 2.75) is 32.1 Å². The molecule has 0 spiro atoms. The van der Waals surface area contributed by atoms with E-state index in [1.807, 2.05) is 0 Å². The zero-order valence-electron chi connectivity index (χ0n) is 13.0.